The number of hydrogen-bond acceptors (Lipinski definition) is 4. The van der Waals surface area contributed by atoms with Crippen molar-refractivity contribution in [1.29, 1.82) is 0 Å². The van der Waals surface area contributed by atoms with Crippen LogP contribution in [0.1, 0.15) is 62.5 Å². The Morgan fingerprint density at radius 2 is 2.40 bits per heavy atom. The highest BCUT2D eigenvalue weighted by atomic mass is 16.3. The van der Waals surface area contributed by atoms with Crippen LogP contribution >= 0.6 is 0 Å². The third kappa shape index (κ3) is 3.20. The van der Waals surface area contributed by atoms with Crippen LogP contribution in [-0.2, 0) is 0 Å². The molecule has 3 atom stereocenters. The van der Waals surface area contributed by atoms with E-state index >= 15 is 0 Å². The number of likely N-dealkylation sites (tertiary alicyclic amines) is 1. The lowest BCUT2D eigenvalue weighted by Crippen LogP contribution is -2.39. The molecule has 1 aromatic rings. The van der Waals surface area contributed by atoms with Gasteiger partial charge in [-0.2, -0.15) is 0 Å². The molecule has 2 heterocycles. The average Bonchev–Trinajstić information content (AvgIpc) is 2.94. The van der Waals surface area contributed by atoms with Gasteiger partial charge in [-0.25, -0.2) is 4.98 Å². The minimum Gasteiger partial charge on any atom is -0.446 e. The molecule has 0 bridgehead atoms. The van der Waals surface area contributed by atoms with Crippen molar-refractivity contribution in [1.82, 2.24) is 9.88 Å². The smallest absolute Gasteiger partial charge is 0.275 e. The first-order chi connectivity index (χ1) is 9.52. The van der Waals surface area contributed by atoms with Gasteiger partial charge in [0, 0.05) is 13.1 Å². The number of aromatic nitrogens is 1. The zero-order chi connectivity index (χ0) is 14.7. The highest BCUT2D eigenvalue weighted by Crippen LogP contribution is 2.22. The van der Waals surface area contributed by atoms with Crippen LogP contribution in [0.4, 0.5) is 0 Å². The first-order valence-corrected chi connectivity index (χ1v) is 7.53. The second-order valence-corrected chi connectivity index (χ2v) is 5.98. The molecular weight excluding hydrogens is 254 g/mol. The molecule has 0 saturated carbocycles. The second kappa shape index (κ2) is 6.39. The zero-order valence-electron chi connectivity index (χ0n) is 12.6. The molecule has 0 aliphatic carbocycles. The van der Waals surface area contributed by atoms with Gasteiger partial charge in [-0.15, -0.1) is 0 Å². The van der Waals surface area contributed by atoms with E-state index in [1.807, 2.05) is 4.90 Å². The molecule has 0 spiro atoms. The van der Waals surface area contributed by atoms with Crippen LogP contribution in [0, 0.1) is 11.8 Å². The fraction of sp³-hybridized carbons (Fsp3) is 0.733. The minimum absolute atomic E-state index is 0.0390. The third-order valence-corrected chi connectivity index (χ3v) is 4.23. The topological polar surface area (TPSA) is 72.4 Å². The number of hydrogen-bond donors (Lipinski definition) is 1. The van der Waals surface area contributed by atoms with Crippen LogP contribution < -0.4 is 5.73 Å². The van der Waals surface area contributed by atoms with Crippen molar-refractivity contribution in [2.75, 3.05) is 13.1 Å². The fourth-order valence-corrected chi connectivity index (χ4v) is 2.57. The van der Waals surface area contributed by atoms with Crippen molar-refractivity contribution >= 4 is 5.91 Å². The molecule has 1 fully saturated rings. The van der Waals surface area contributed by atoms with Crippen molar-refractivity contribution in [3.63, 3.8) is 0 Å². The Labute approximate surface area is 120 Å². The molecule has 3 unspecified atom stereocenters. The first kappa shape index (κ1) is 15.0. The zero-order valence-corrected chi connectivity index (χ0v) is 12.6. The van der Waals surface area contributed by atoms with E-state index in [4.69, 9.17) is 10.2 Å². The molecular formula is C15H25N3O2. The van der Waals surface area contributed by atoms with Crippen LogP contribution in [0.2, 0.25) is 0 Å². The summed E-state index contributed by atoms with van der Waals surface area (Å²) in [5.74, 6) is 1.27. The van der Waals surface area contributed by atoms with Gasteiger partial charge in [0.15, 0.2) is 5.69 Å². The Kier molecular flexibility index (Phi) is 4.81. The van der Waals surface area contributed by atoms with E-state index in [0.29, 0.717) is 17.5 Å². The Morgan fingerprint density at radius 3 is 3.05 bits per heavy atom. The molecule has 1 aliphatic heterocycles. The molecule has 2 rings (SSSR count). The monoisotopic (exact) mass is 279 g/mol. The first-order valence-electron chi connectivity index (χ1n) is 7.53. The van der Waals surface area contributed by atoms with Gasteiger partial charge in [0.1, 0.15) is 6.26 Å². The van der Waals surface area contributed by atoms with E-state index in [2.05, 4.69) is 25.8 Å². The number of nitrogens with two attached hydrogens (primary N) is 1. The summed E-state index contributed by atoms with van der Waals surface area (Å²) in [6.07, 6.45) is 4.65. The van der Waals surface area contributed by atoms with Crippen LogP contribution in [-0.4, -0.2) is 28.9 Å². The summed E-state index contributed by atoms with van der Waals surface area (Å²) in [6.45, 7) is 7.92. The van der Waals surface area contributed by atoms with Crippen molar-refractivity contribution in [3.05, 3.63) is 17.8 Å². The van der Waals surface area contributed by atoms with E-state index < -0.39 is 0 Å². The average molecular weight is 279 g/mol. The summed E-state index contributed by atoms with van der Waals surface area (Å²) in [7, 11) is 0. The fourth-order valence-electron chi connectivity index (χ4n) is 2.57. The van der Waals surface area contributed by atoms with Gasteiger partial charge in [0.05, 0.1) is 6.04 Å². The van der Waals surface area contributed by atoms with E-state index in [0.717, 1.165) is 25.9 Å². The molecule has 0 aromatic carbocycles. The van der Waals surface area contributed by atoms with Gasteiger partial charge in [-0.05, 0) is 24.7 Å². The van der Waals surface area contributed by atoms with Gasteiger partial charge < -0.3 is 15.1 Å². The Bertz CT molecular complexity index is 458. The Morgan fingerprint density at radius 1 is 1.65 bits per heavy atom. The molecule has 0 radical (unpaired) electrons. The van der Waals surface area contributed by atoms with Crippen molar-refractivity contribution in [3.8, 4) is 0 Å². The normalized spacial score (nSPS) is 22.6. The van der Waals surface area contributed by atoms with Gasteiger partial charge in [-0.3, -0.25) is 4.79 Å². The lowest BCUT2D eigenvalue weighted by Gasteiger charge is -2.30. The maximum absolute atomic E-state index is 12.4. The van der Waals surface area contributed by atoms with E-state index in [-0.39, 0.29) is 17.9 Å². The number of amides is 1. The number of rotatable bonds is 4. The molecule has 2 N–H and O–H groups in total. The molecule has 5 nitrogen and oxygen atoms in total. The lowest BCUT2D eigenvalue weighted by molar-refractivity contribution is 0.0677. The maximum Gasteiger partial charge on any atom is 0.275 e. The van der Waals surface area contributed by atoms with E-state index in [1.165, 1.54) is 12.7 Å². The predicted octanol–water partition coefficient (Wildman–Crippen LogP) is 2.59. The summed E-state index contributed by atoms with van der Waals surface area (Å²) in [4.78, 5) is 18.5. The van der Waals surface area contributed by atoms with Gasteiger partial charge in [0.25, 0.3) is 5.91 Å². The number of carbonyl (C=O) groups is 1. The number of piperidine rings is 1. The number of nitrogens with zero attached hydrogens (tertiary/aromatic N) is 2. The van der Waals surface area contributed by atoms with Crippen molar-refractivity contribution in [2.45, 2.75) is 46.1 Å². The quantitative estimate of drug-likeness (QED) is 0.919. The van der Waals surface area contributed by atoms with Crippen LogP contribution in [0.3, 0.4) is 0 Å². The van der Waals surface area contributed by atoms with Gasteiger partial charge in [-0.1, -0.05) is 27.2 Å². The van der Waals surface area contributed by atoms with E-state index in [1.54, 1.807) is 0 Å². The SMILES string of the molecule is CCC(C)C(N)c1nc(C(=O)N2CCCC(C)C2)co1. The minimum atomic E-state index is -0.248. The summed E-state index contributed by atoms with van der Waals surface area (Å²) in [5.41, 5.74) is 6.46. The highest BCUT2D eigenvalue weighted by molar-refractivity contribution is 5.92. The predicted molar refractivity (Wildman–Crippen MR) is 77.2 cm³/mol. The summed E-state index contributed by atoms with van der Waals surface area (Å²) in [5, 5.41) is 0. The molecule has 20 heavy (non-hydrogen) atoms. The maximum atomic E-state index is 12.4. The van der Waals surface area contributed by atoms with Crippen molar-refractivity contribution < 1.29 is 9.21 Å². The van der Waals surface area contributed by atoms with Crippen LogP contribution in [0.5, 0.6) is 0 Å². The highest BCUT2D eigenvalue weighted by Gasteiger charge is 2.26. The molecule has 112 valence electrons. The Hall–Kier alpha value is -1.36. The number of oxazole rings is 1. The van der Waals surface area contributed by atoms with Gasteiger partial charge >= 0.3 is 0 Å². The molecule has 5 heteroatoms. The molecule has 1 amide bonds. The van der Waals surface area contributed by atoms with E-state index in [9.17, 15) is 4.79 Å². The van der Waals surface area contributed by atoms with Crippen LogP contribution in [0.15, 0.2) is 10.7 Å². The molecule has 1 saturated heterocycles. The standard InChI is InChI=1S/C15H25N3O2/c1-4-11(3)13(16)14-17-12(9-20-14)15(19)18-7-5-6-10(2)8-18/h9-11,13H,4-8,16H2,1-3H3. The summed E-state index contributed by atoms with van der Waals surface area (Å²) in [6, 6.07) is -0.248. The third-order valence-electron chi connectivity index (χ3n) is 4.23. The number of carbonyl (C=O) groups excluding carboxylic acids is 1. The Balaban J connectivity index is 2.06. The second-order valence-electron chi connectivity index (χ2n) is 5.98. The van der Waals surface area contributed by atoms with Gasteiger partial charge in [0.2, 0.25) is 5.89 Å². The van der Waals surface area contributed by atoms with Crippen LogP contribution in [0.25, 0.3) is 0 Å². The lowest BCUT2D eigenvalue weighted by atomic mass is 10.00. The largest absolute Gasteiger partial charge is 0.446 e. The molecule has 1 aromatic heterocycles. The molecule has 1 aliphatic rings. The summed E-state index contributed by atoms with van der Waals surface area (Å²) >= 11 is 0. The van der Waals surface area contributed by atoms with Crippen molar-refractivity contribution in [2.24, 2.45) is 17.6 Å². The summed E-state index contributed by atoms with van der Waals surface area (Å²) < 4.78 is 5.40.